The number of nitrogens with zero attached hydrogens (tertiary/aromatic N) is 2. The Hall–Kier alpha value is -2.76. The predicted octanol–water partition coefficient (Wildman–Crippen LogP) is 7.37. The minimum Gasteiger partial charge on any atom is -0.478 e. The fourth-order valence-electron chi connectivity index (χ4n) is 3.99. The molecule has 0 radical (unpaired) electrons. The standard InChI is InChI=1S/C24H38O4.C4H4N2/c1-3-5-7-9-11-13-15-19-17-20(16-14-12-10-8-6-4-2)22(24(27)28)21(18-19)23(25)26;1-2-4-6-5-3-1/h17-18H,3-16H2,1-2H3,(H,25,26)(H,27,28);1-4H. The summed E-state index contributed by atoms with van der Waals surface area (Å²) in [6, 6.07) is 7.16. The van der Waals surface area contributed by atoms with Gasteiger partial charge in [0, 0.05) is 12.4 Å². The molecule has 0 atom stereocenters. The van der Waals surface area contributed by atoms with Crippen LogP contribution in [0.3, 0.4) is 0 Å². The smallest absolute Gasteiger partial charge is 0.336 e. The van der Waals surface area contributed by atoms with Crippen LogP contribution >= 0.6 is 0 Å². The van der Waals surface area contributed by atoms with Crippen LogP contribution in [0.1, 0.15) is 123 Å². The lowest BCUT2D eigenvalue weighted by Gasteiger charge is -2.13. The van der Waals surface area contributed by atoms with Crippen LogP contribution in [0, 0.1) is 0 Å². The van der Waals surface area contributed by atoms with E-state index in [0.29, 0.717) is 12.0 Å². The summed E-state index contributed by atoms with van der Waals surface area (Å²) < 4.78 is 0. The van der Waals surface area contributed by atoms with Gasteiger partial charge in [-0.1, -0.05) is 84.1 Å². The number of aromatic carboxylic acids is 2. The molecule has 0 aliphatic carbocycles. The summed E-state index contributed by atoms with van der Waals surface area (Å²) in [5, 5.41) is 26.2. The number of carbonyl (C=O) groups is 2. The molecule has 6 nitrogen and oxygen atoms in total. The van der Waals surface area contributed by atoms with E-state index in [-0.39, 0.29) is 11.1 Å². The highest BCUT2D eigenvalue weighted by Gasteiger charge is 2.21. The molecule has 2 rings (SSSR count). The third-order valence-corrected chi connectivity index (χ3v) is 5.83. The van der Waals surface area contributed by atoms with E-state index in [1.165, 1.54) is 44.9 Å². The molecule has 0 unspecified atom stereocenters. The summed E-state index contributed by atoms with van der Waals surface area (Å²) in [4.78, 5) is 23.4. The number of hydrogen-bond donors (Lipinski definition) is 2. The Kier molecular flexibility index (Phi) is 16.1. The van der Waals surface area contributed by atoms with Crippen molar-refractivity contribution in [3.8, 4) is 0 Å². The van der Waals surface area contributed by atoms with E-state index in [1.807, 2.05) is 18.2 Å². The Labute approximate surface area is 204 Å². The normalized spacial score (nSPS) is 10.4. The first-order valence-electron chi connectivity index (χ1n) is 12.8. The average Bonchev–Trinajstić information content (AvgIpc) is 2.84. The number of rotatable bonds is 16. The van der Waals surface area contributed by atoms with Gasteiger partial charge in [0.05, 0.1) is 11.1 Å². The molecule has 0 bridgehead atoms. The number of aromatic nitrogens is 2. The number of carboxylic acids is 2. The second kappa shape index (κ2) is 18.6. The van der Waals surface area contributed by atoms with Gasteiger partial charge in [-0.3, -0.25) is 0 Å². The summed E-state index contributed by atoms with van der Waals surface area (Å²) in [6.07, 6.45) is 18.6. The second-order valence-electron chi connectivity index (χ2n) is 8.74. The molecular weight excluding hydrogens is 428 g/mol. The van der Waals surface area contributed by atoms with E-state index in [9.17, 15) is 19.8 Å². The summed E-state index contributed by atoms with van der Waals surface area (Å²) in [5.41, 5.74) is 1.56. The minimum atomic E-state index is -1.15. The van der Waals surface area contributed by atoms with E-state index < -0.39 is 11.9 Å². The van der Waals surface area contributed by atoms with E-state index in [0.717, 1.165) is 44.1 Å². The van der Waals surface area contributed by atoms with Crippen molar-refractivity contribution in [3.05, 3.63) is 58.9 Å². The summed E-state index contributed by atoms with van der Waals surface area (Å²) >= 11 is 0. The van der Waals surface area contributed by atoms with Crippen LogP contribution in [0.4, 0.5) is 0 Å². The Bertz CT molecular complexity index is 798. The molecule has 1 aromatic heterocycles. The minimum absolute atomic E-state index is 0.0206. The molecular formula is C28H42N2O4. The predicted molar refractivity (Wildman–Crippen MR) is 137 cm³/mol. The van der Waals surface area contributed by atoms with Crippen LogP contribution in [0.25, 0.3) is 0 Å². The van der Waals surface area contributed by atoms with Crippen molar-refractivity contribution in [2.24, 2.45) is 0 Å². The van der Waals surface area contributed by atoms with E-state index in [1.54, 1.807) is 18.5 Å². The first-order valence-corrected chi connectivity index (χ1v) is 12.8. The molecule has 0 saturated carbocycles. The molecule has 6 heteroatoms. The second-order valence-corrected chi connectivity index (χ2v) is 8.74. The topological polar surface area (TPSA) is 100 Å². The maximum Gasteiger partial charge on any atom is 0.336 e. The zero-order valence-corrected chi connectivity index (χ0v) is 21.0. The molecule has 1 heterocycles. The van der Waals surface area contributed by atoms with Crippen LogP contribution in [0.15, 0.2) is 36.7 Å². The Morgan fingerprint density at radius 2 is 1.18 bits per heavy atom. The quantitative estimate of drug-likeness (QED) is 0.248. The van der Waals surface area contributed by atoms with Crippen molar-refractivity contribution >= 4 is 11.9 Å². The van der Waals surface area contributed by atoms with Crippen LogP contribution < -0.4 is 0 Å². The van der Waals surface area contributed by atoms with Crippen LogP contribution in [0.5, 0.6) is 0 Å². The largest absolute Gasteiger partial charge is 0.478 e. The number of hydrogen-bond acceptors (Lipinski definition) is 4. The van der Waals surface area contributed by atoms with Gasteiger partial charge in [0.25, 0.3) is 0 Å². The van der Waals surface area contributed by atoms with Gasteiger partial charge in [0.15, 0.2) is 0 Å². The van der Waals surface area contributed by atoms with Crippen molar-refractivity contribution in [1.82, 2.24) is 10.2 Å². The third kappa shape index (κ3) is 12.5. The third-order valence-electron chi connectivity index (χ3n) is 5.83. The van der Waals surface area contributed by atoms with Gasteiger partial charge in [0.2, 0.25) is 0 Å². The molecule has 34 heavy (non-hydrogen) atoms. The van der Waals surface area contributed by atoms with Crippen molar-refractivity contribution < 1.29 is 19.8 Å². The molecule has 2 aromatic rings. The van der Waals surface area contributed by atoms with Gasteiger partial charge in [0.1, 0.15) is 0 Å². The van der Waals surface area contributed by atoms with Gasteiger partial charge in [-0.05, 0) is 55.0 Å². The van der Waals surface area contributed by atoms with Crippen LogP contribution in [-0.4, -0.2) is 32.3 Å². The van der Waals surface area contributed by atoms with Crippen molar-refractivity contribution in [1.29, 1.82) is 0 Å². The number of aryl methyl sites for hydroxylation is 2. The van der Waals surface area contributed by atoms with E-state index in [4.69, 9.17) is 0 Å². The van der Waals surface area contributed by atoms with Gasteiger partial charge in [-0.2, -0.15) is 10.2 Å². The van der Waals surface area contributed by atoms with E-state index in [2.05, 4.69) is 24.0 Å². The molecule has 0 aliphatic heterocycles. The number of carboxylic acid groups (broad SMARTS) is 2. The monoisotopic (exact) mass is 470 g/mol. The van der Waals surface area contributed by atoms with Crippen LogP contribution in [0.2, 0.25) is 0 Å². The van der Waals surface area contributed by atoms with Crippen LogP contribution in [-0.2, 0) is 12.8 Å². The van der Waals surface area contributed by atoms with Crippen molar-refractivity contribution in [2.45, 2.75) is 104 Å². The maximum absolute atomic E-state index is 11.7. The lowest BCUT2D eigenvalue weighted by molar-refractivity contribution is 0.0650. The molecule has 0 fully saturated rings. The molecule has 0 spiro atoms. The lowest BCUT2D eigenvalue weighted by atomic mass is 9.92. The molecule has 0 amide bonds. The average molecular weight is 471 g/mol. The summed E-state index contributed by atoms with van der Waals surface area (Å²) in [6.45, 7) is 4.38. The lowest BCUT2D eigenvalue weighted by Crippen LogP contribution is -2.13. The van der Waals surface area contributed by atoms with Gasteiger partial charge < -0.3 is 10.2 Å². The Balaban J connectivity index is 0.000000830. The first kappa shape index (κ1) is 29.3. The summed E-state index contributed by atoms with van der Waals surface area (Å²) in [7, 11) is 0. The molecule has 2 N–H and O–H groups in total. The molecule has 0 aliphatic rings. The first-order chi connectivity index (χ1) is 16.5. The number of unbranched alkanes of at least 4 members (excludes halogenated alkanes) is 10. The fourth-order valence-corrected chi connectivity index (χ4v) is 3.99. The molecule has 1 aromatic carbocycles. The highest BCUT2D eigenvalue weighted by atomic mass is 16.4. The van der Waals surface area contributed by atoms with Gasteiger partial charge in [-0.15, -0.1) is 0 Å². The highest BCUT2D eigenvalue weighted by molar-refractivity contribution is 6.03. The van der Waals surface area contributed by atoms with Crippen molar-refractivity contribution in [2.75, 3.05) is 0 Å². The SMILES string of the molecule is CCCCCCCCc1cc(CCCCCCCC)c(C(=O)O)c(C(=O)O)c1.c1ccnnc1. The zero-order valence-electron chi connectivity index (χ0n) is 21.0. The zero-order chi connectivity index (χ0) is 25.0. The van der Waals surface area contributed by atoms with Crippen molar-refractivity contribution in [3.63, 3.8) is 0 Å². The van der Waals surface area contributed by atoms with Gasteiger partial charge in [-0.25, -0.2) is 9.59 Å². The molecule has 188 valence electrons. The molecule has 0 saturated heterocycles. The Morgan fingerprint density at radius 1 is 0.676 bits per heavy atom. The highest BCUT2D eigenvalue weighted by Crippen LogP contribution is 2.23. The van der Waals surface area contributed by atoms with E-state index >= 15 is 0 Å². The Morgan fingerprint density at radius 3 is 1.62 bits per heavy atom. The summed E-state index contributed by atoms with van der Waals surface area (Å²) in [5.74, 6) is -2.28. The maximum atomic E-state index is 11.7. The number of benzene rings is 1. The van der Waals surface area contributed by atoms with Gasteiger partial charge >= 0.3 is 11.9 Å². The fraction of sp³-hybridized carbons (Fsp3) is 0.571.